The number of hydrogen-bond acceptors (Lipinski definition) is 3. The molecule has 0 unspecified atom stereocenters. The molecule has 0 aliphatic heterocycles. The molecule has 1 rings (SSSR count). The van der Waals surface area contributed by atoms with Gasteiger partial charge in [0.25, 0.3) is 11.6 Å². The van der Waals surface area contributed by atoms with Crippen molar-refractivity contribution in [2.24, 2.45) is 0 Å². The highest BCUT2D eigenvalue weighted by Crippen LogP contribution is 2.20. The van der Waals surface area contributed by atoms with E-state index in [0.717, 1.165) is 51.1 Å². The summed E-state index contributed by atoms with van der Waals surface area (Å²) in [4.78, 5) is 25.1. The minimum atomic E-state index is -0.381. The van der Waals surface area contributed by atoms with Crippen LogP contribution in [0.4, 0.5) is 5.69 Å². The molecule has 1 aromatic carbocycles. The van der Waals surface area contributed by atoms with Gasteiger partial charge in [0.1, 0.15) is 6.54 Å². The van der Waals surface area contributed by atoms with Gasteiger partial charge in [-0.3, -0.25) is 14.9 Å². The smallest absolute Gasteiger partial charge is 0.277 e. The van der Waals surface area contributed by atoms with Gasteiger partial charge in [-0.15, -0.1) is 0 Å². The number of carbonyl (C=O) groups is 1. The van der Waals surface area contributed by atoms with Crippen LogP contribution in [-0.4, -0.2) is 52.9 Å². The maximum absolute atomic E-state index is 12.7. The Kier molecular flexibility index (Phi) is 11.3. The Morgan fingerprint density at radius 1 is 1.04 bits per heavy atom. The maximum Gasteiger partial charge on any atom is 0.277 e. The molecule has 1 aromatic rings. The second-order valence-corrected chi connectivity index (χ2v) is 6.59. The first-order chi connectivity index (χ1) is 11.9. The molecule has 26 heavy (non-hydrogen) atoms. The zero-order chi connectivity index (χ0) is 18.9. The molecule has 0 bridgehead atoms. The van der Waals surface area contributed by atoms with E-state index in [2.05, 4.69) is 13.8 Å². The number of halogens is 1. The Morgan fingerprint density at radius 2 is 1.54 bits per heavy atom. The van der Waals surface area contributed by atoms with Gasteiger partial charge in [-0.25, -0.2) is 0 Å². The van der Waals surface area contributed by atoms with Crippen LogP contribution in [0, 0.1) is 10.1 Å². The van der Waals surface area contributed by atoms with Crippen molar-refractivity contribution in [1.29, 1.82) is 0 Å². The molecule has 148 valence electrons. The number of nitro benzene ring substituents is 1. The standard InChI is InChI=1S/C19H32N3O3.BrH/c1-5-13-22(14-6-2,16-19(23)20(7-3)8-4)15-17-9-11-18(12-10-17)21(24)25;/h9-12H,5-8,13-16H2,1-4H3;1H/q+1;/p-1. The number of non-ortho nitro benzene ring substituents is 1. The number of likely N-dealkylation sites (N-methyl/N-ethyl adjacent to an activating group) is 1. The summed E-state index contributed by atoms with van der Waals surface area (Å²) in [6.45, 7) is 12.8. The van der Waals surface area contributed by atoms with Crippen molar-refractivity contribution in [3.8, 4) is 0 Å². The van der Waals surface area contributed by atoms with Gasteiger partial charge in [-0.1, -0.05) is 13.8 Å². The molecule has 0 fully saturated rings. The van der Waals surface area contributed by atoms with E-state index in [9.17, 15) is 14.9 Å². The van der Waals surface area contributed by atoms with E-state index in [1.807, 2.05) is 30.9 Å². The summed E-state index contributed by atoms with van der Waals surface area (Å²) >= 11 is 0. The molecule has 0 aromatic heterocycles. The second-order valence-electron chi connectivity index (χ2n) is 6.59. The first kappa shape index (κ1) is 24.5. The average Bonchev–Trinajstić information content (AvgIpc) is 2.56. The Bertz CT molecular complexity index is 554. The highest BCUT2D eigenvalue weighted by Gasteiger charge is 2.31. The lowest BCUT2D eigenvalue weighted by Crippen LogP contribution is -3.00. The Labute approximate surface area is 167 Å². The van der Waals surface area contributed by atoms with Gasteiger partial charge >= 0.3 is 0 Å². The summed E-state index contributed by atoms with van der Waals surface area (Å²) in [7, 11) is 0. The van der Waals surface area contributed by atoms with E-state index in [1.54, 1.807) is 12.1 Å². The van der Waals surface area contributed by atoms with Crippen LogP contribution in [0.1, 0.15) is 46.1 Å². The third-order valence-corrected chi connectivity index (χ3v) is 4.65. The molecule has 0 heterocycles. The highest BCUT2D eigenvalue weighted by molar-refractivity contribution is 5.77. The number of rotatable bonds is 11. The molecule has 0 saturated carbocycles. The fourth-order valence-electron chi connectivity index (χ4n) is 3.51. The van der Waals surface area contributed by atoms with Crippen LogP contribution in [0.5, 0.6) is 0 Å². The van der Waals surface area contributed by atoms with Crippen molar-refractivity contribution in [2.45, 2.75) is 47.1 Å². The summed E-state index contributed by atoms with van der Waals surface area (Å²) in [5.74, 6) is 0.189. The van der Waals surface area contributed by atoms with Gasteiger partial charge in [-0.05, 0) is 38.8 Å². The fourth-order valence-corrected chi connectivity index (χ4v) is 3.51. The van der Waals surface area contributed by atoms with Gasteiger partial charge in [-0.2, -0.15) is 0 Å². The number of benzene rings is 1. The van der Waals surface area contributed by atoms with Gasteiger partial charge in [0.15, 0.2) is 6.54 Å². The summed E-state index contributed by atoms with van der Waals surface area (Å²) in [5.41, 5.74) is 1.15. The third-order valence-electron chi connectivity index (χ3n) is 4.65. The van der Waals surface area contributed by atoms with Crippen molar-refractivity contribution in [3.63, 3.8) is 0 Å². The molecule has 0 radical (unpaired) electrons. The first-order valence-corrected chi connectivity index (χ1v) is 9.27. The lowest BCUT2D eigenvalue weighted by molar-refractivity contribution is -0.934. The summed E-state index contributed by atoms with van der Waals surface area (Å²) < 4.78 is 0.708. The summed E-state index contributed by atoms with van der Waals surface area (Å²) in [6.07, 6.45) is 2.00. The van der Waals surface area contributed by atoms with Crippen molar-refractivity contribution in [2.75, 3.05) is 32.7 Å². The van der Waals surface area contributed by atoms with Gasteiger partial charge in [0.2, 0.25) is 0 Å². The Morgan fingerprint density at radius 3 is 1.92 bits per heavy atom. The SMILES string of the molecule is CCC[N+](CCC)(CC(=O)N(CC)CC)Cc1ccc([N+](=O)[O-])cc1.[Br-]. The van der Waals surface area contributed by atoms with Crippen molar-refractivity contribution < 1.29 is 31.2 Å². The first-order valence-electron chi connectivity index (χ1n) is 9.27. The zero-order valence-corrected chi connectivity index (χ0v) is 18.0. The number of quaternary nitrogens is 1. The minimum Gasteiger partial charge on any atom is -1.00 e. The van der Waals surface area contributed by atoms with Crippen molar-refractivity contribution in [1.82, 2.24) is 4.90 Å². The lowest BCUT2D eigenvalue weighted by atomic mass is 10.1. The molecule has 0 spiro atoms. The minimum absolute atomic E-state index is 0. The molecule has 0 atom stereocenters. The number of carbonyl (C=O) groups excluding carboxylic acids is 1. The van der Waals surface area contributed by atoms with Crippen LogP contribution in [0.25, 0.3) is 0 Å². The van der Waals surface area contributed by atoms with Gasteiger partial charge in [0, 0.05) is 30.8 Å². The number of hydrogen-bond donors (Lipinski definition) is 0. The van der Waals surface area contributed by atoms with E-state index < -0.39 is 0 Å². The van der Waals surface area contributed by atoms with E-state index >= 15 is 0 Å². The van der Waals surface area contributed by atoms with Crippen LogP contribution in [-0.2, 0) is 11.3 Å². The molecule has 1 amide bonds. The molecule has 0 saturated heterocycles. The van der Waals surface area contributed by atoms with Crippen LogP contribution in [0.2, 0.25) is 0 Å². The summed E-state index contributed by atoms with van der Waals surface area (Å²) in [5, 5.41) is 10.8. The topological polar surface area (TPSA) is 63.5 Å². The van der Waals surface area contributed by atoms with Crippen LogP contribution in [0.15, 0.2) is 24.3 Å². The number of nitrogens with zero attached hydrogens (tertiary/aromatic N) is 3. The predicted molar refractivity (Wildman–Crippen MR) is 100 cm³/mol. The third kappa shape index (κ3) is 7.03. The highest BCUT2D eigenvalue weighted by atomic mass is 79.9. The predicted octanol–water partition coefficient (Wildman–Crippen LogP) is 0.604. The van der Waals surface area contributed by atoms with Gasteiger partial charge < -0.3 is 26.4 Å². The monoisotopic (exact) mass is 429 g/mol. The quantitative estimate of drug-likeness (QED) is 0.294. The van der Waals surface area contributed by atoms with E-state index in [0.29, 0.717) is 11.0 Å². The molecule has 7 heteroatoms. The molecule has 6 nitrogen and oxygen atoms in total. The van der Waals surface area contributed by atoms with Crippen molar-refractivity contribution >= 4 is 11.6 Å². The van der Waals surface area contributed by atoms with E-state index in [-0.39, 0.29) is 33.5 Å². The van der Waals surface area contributed by atoms with E-state index in [4.69, 9.17) is 0 Å². The molecule has 0 aliphatic rings. The molecular weight excluding hydrogens is 398 g/mol. The van der Waals surface area contributed by atoms with Crippen LogP contribution >= 0.6 is 0 Å². The lowest BCUT2D eigenvalue weighted by Gasteiger charge is -2.39. The Balaban J connectivity index is 0.00000625. The molecule has 0 aliphatic carbocycles. The number of nitro groups is 1. The van der Waals surface area contributed by atoms with E-state index in [1.165, 1.54) is 0 Å². The van der Waals surface area contributed by atoms with Crippen LogP contribution in [0.3, 0.4) is 0 Å². The van der Waals surface area contributed by atoms with Crippen molar-refractivity contribution in [3.05, 3.63) is 39.9 Å². The second kappa shape index (κ2) is 12.0. The molecule has 0 N–H and O–H groups in total. The normalized spacial score (nSPS) is 10.9. The Hall–Kier alpha value is -1.47. The number of amides is 1. The average molecular weight is 430 g/mol. The zero-order valence-electron chi connectivity index (χ0n) is 16.4. The summed E-state index contributed by atoms with van der Waals surface area (Å²) in [6, 6.07) is 6.74. The largest absolute Gasteiger partial charge is 1.00 e. The van der Waals surface area contributed by atoms with Gasteiger partial charge in [0.05, 0.1) is 18.0 Å². The maximum atomic E-state index is 12.7. The fraction of sp³-hybridized carbons (Fsp3) is 0.632. The van der Waals surface area contributed by atoms with Crippen LogP contribution < -0.4 is 17.0 Å². The molecular formula is C19H32BrN3O3.